The van der Waals surface area contributed by atoms with Crippen LogP contribution in [-0.4, -0.2) is 21.7 Å². The summed E-state index contributed by atoms with van der Waals surface area (Å²) in [6, 6.07) is 0.348. The number of hydrogen-bond acceptors (Lipinski definition) is 2. The van der Waals surface area contributed by atoms with E-state index in [2.05, 4.69) is 4.99 Å². The van der Waals surface area contributed by atoms with Crippen molar-refractivity contribution in [3.63, 3.8) is 0 Å². The van der Waals surface area contributed by atoms with Crippen LogP contribution in [0.25, 0.3) is 11.3 Å². The lowest BCUT2D eigenvalue weighted by atomic mass is 9.99. The van der Waals surface area contributed by atoms with E-state index in [0.29, 0.717) is 0 Å². The molecule has 1 aromatic heterocycles. The molecule has 154 valence electrons. The highest BCUT2D eigenvalue weighted by Crippen LogP contribution is 2.40. The molecule has 2 aromatic carbocycles. The van der Waals surface area contributed by atoms with Crippen LogP contribution in [-0.2, 0) is 0 Å². The maximum atomic E-state index is 14.1. The average Bonchev–Trinajstić information content (AvgIpc) is 3.22. The standard InChI is InChI=1S/C18H4F8N2O2/c19-5-1-3(9(21)13(25)11(5)23)15-7-8(18(30)27-15)16(28-17(7)29)4-2-6(20)12(24)14(26)10(4)22/h1-2,27,30H. The van der Waals surface area contributed by atoms with Gasteiger partial charge in [0.2, 0.25) is 0 Å². The predicted molar refractivity (Wildman–Crippen MR) is 84.0 cm³/mol. The Morgan fingerprint density at radius 3 is 1.77 bits per heavy atom. The van der Waals surface area contributed by atoms with Crippen LogP contribution < -0.4 is 0 Å². The molecule has 0 unspecified atom stereocenters. The highest BCUT2D eigenvalue weighted by molar-refractivity contribution is 6.30. The first kappa shape index (κ1) is 19.6. The highest BCUT2D eigenvalue weighted by Gasteiger charge is 2.37. The number of aromatic amines is 1. The predicted octanol–water partition coefficient (Wildman–Crippen LogP) is 4.49. The topological polar surface area (TPSA) is 65.4 Å². The van der Waals surface area contributed by atoms with Crippen molar-refractivity contribution < 1.29 is 45.0 Å². The first-order valence-corrected chi connectivity index (χ1v) is 7.79. The molecule has 4 rings (SSSR count). The summed E-state index contributed by atoms with van der Waals surface area (Å²) < 4.78 is 109. The van der Waals surface area contributed by atoms with Gasteiger partial charge in [0.1, 0.15) is 0 Å². The van der Waals surface area contributed by atoms with Gasteiger partial charge in [0.25, 0.3) is 5.91 Å². The second kappa shape index (κ2) is 6.40. The van der Waals surface area contributed by atoms with Crippen LogP contribution in [0.4, 0.5) is 35.1 Å². The summed E-state index contributed by atoms with van der Waals surface area (Å²) in [5.74, 6) is -18.6. The summed E-state index contributed by atoms with van der Waals surface area (Å²) >= 11 is 0. The number of halogens is 8. The van der Waals surface area contributed by atoms with Gasteiger partial charge in [-0.3, -0.25) is 4.79 Å². The summed E-state index contributed by atoms with van der Waals surface area (Å²) in [6.07, 6.45) is 0. The summed E-state index contributed by atoms with van der Waals surface area (Å²) in [6.45, 7) is 0. The molecule has 1 aliphatic rings. The third-order valence-corrected chi connectivity index (χ3v) is 4.37. The summed E-state index contributed by atoms with van der Waals surface area (Å²) in [7, 11) is 0. The van der Waals surface area contributed by atoms with E-state index in [1.165, 1.54) is 0 Å². The van der Waals surface area contributed by atoms with Crippen LogP contribution in [0.2, 0.25) is 0 Å². The van der Waals surface area contributed by atoms with Gasteiger partial charge in [-0.2, -0.15) is 0 Å². The van der Waals surface area contributed by atoms with Gasteiger partial charge < -0.3 is 10.1 Å². The summed E-state index contributed by atoms with van der Waals surface area (Å²) in [5, 5.41) is 10.1. The maximum Gasteiger partial charge on any atom is 0.280 e. The fraction of sp³-hybridized carbons (Fsp3) is 0. The molecule has 4 nitrogen and oxygen atoms in total. The minimum atomic E-state index is -2.22. The van der Waals surface area contributed by atoms with Crippen molar-refractivity contribution in [2.75, 3.05) is 0 Å². The SMILES string of the molecule is O=C1N=C(c2cc(F)c(F)c(F)c2F)c2c(O)[nH]c(-c3cc(F)c(F)c(F)c3F)c21. The monoisotopic (exact) mass is 432 g/mol. The van der Waals surface area contributed by atoms with Crippen molar-refractivity contribution in [3.05, 3.63) is 75.4 Å². The molecule has 1 aliphatic heterocycles. The van der Waals surface area contributed by atoms with Gasteiger partial charge in [-0.05, 0) is 12.1 Å². The first-order chi connectivity index (χ1) is 14.0. The number of rotatable bonds is 2. The maximum absolute atomic E-state index is 14.1. The van der Waals surface area contributed by atoms with E-state index in [0.717, 1.165) is 0 Å². The molecule has 12 heteroatoms. The number of carbonyl (C=O) groups is 1. The molecular formula is C18H4F8N2O2. The molecule has 0 radical (unpaired) electrons. The summed E-state index contributed by atoms with van der Waals surface area (Å²) in [5.41, 5.74) is -5.13. The third-order valence-electron chi connectivity index (χ3n) is 4.37. The molecule has 0 fully saturated rings. The molecule has 0 atom stereocenters. The Morgan fingerprint density at radius 2 is 1.20 bits per heavy atom. The molecule has 0 saturated heterocycles. The number of H-pyrrole nitrogens is 1. The number of aromatic nitrogens is 1. The lowest BCUT2D eigenvalue weighted by Crippen LogP contribution is -2.08. The smallest absolute Gasteiger partial charge is 0.280 e. The Kier molecular flexibility index (Phi) is 4.19. The minimum absolute atomic E-state index is 0.166. The Morgan fingerprint density at radius 1 is 0.700 bits per heavy atom. The number of amides is 1. The van der Waals surface area contributed by atoms with Crippen LogP contribution in [0.15, 0.2) is 17.1 Å². The zero-order valence-corrected chi connectivity index (χ0v) is 14.0. The van der Waals surface area contributed by atoms with Crippen molar-refractivity contribution in [2.45, 2.75) is 0 Å². The summed E-state index contributed by atoms with van der Waals surface area (Å²) in [4.78, 5) is 17.6. The number of hydrogen-bond donors (Lipinski definition) is 2. The lowest BCUT2D eigenvalue weighted by molar-refractivity contribution is 0.101. The molecule has 3 aromatic rings. The van der Waals surface area contributed by atoms with Crippen LogP contribution in [0.5, 0.6) is 5.88 Å². The van der Waals surface area contributed by atoms with Crippen LogP contribution in [0.1, 0.15) is 21.5 Å². The minimum Gasteiger partial charge on any atom is -0.494 e. The van der Waals surface area contributed by atoms with E-state index in [1.807, 2.05) is 4.98 Å². The lowest BCUT2D eigenvalue weighted by Gasteiger charge is -2.06. The van der Waals surface area contributed by atoms with E-state index in [-0.39, 0.29) is 12.1 Å². The number of nitrogens with zero attached hydrogens (tertiary/aromatic N) is 1. The van der Waals surface area contributed by atoms with E-state index >= 15 is 0 Å². The van der Waals surface area contributed by atoms with E-state index in [9.17, 15) is 45.0 Å². The van der Waals surface area contributed by atoms with E-state index in [4.69, 9.17) is 0 Å². The van der Waals surface area contributed by atoms with Gasteiger partial charge in [0.05, 0.1) is 22.5 Å². The Balaban J connectivity index is 1.98. The van der Waals surface area contributed by atoms with E-state index < -0.39 is 92.0 Å². The Hall–Kier alpha value is -3.70. The van der Waals surface area contributed by atoms with Gasteiger partial charge in [0, 0.05) is 11.1 Å². The molecule has 0 saturated carbocycles. The largest absolute Gasteiger partial charge is 0.494 e. The number of aliphatic imine (C=N–C) groups is 1. The Labute approximate surface area is 160 Å². The van der Waals surface area contributed by atoms with Crippen molar-refractivity contribution in [1.82, 2.24) is 4.98 Å². The molecule has 1 amide bonds. The number of fused-ring (bicyclic) bond motifs is 1. The normalized spacial score (nSPS) is 13.1. The number of nitrogens with one attached hydrogen (secondary N) is 1. The van der Waals surface area contributed by atoms with Gasteiger partial charge in [0.15, 0.2) is 52.4 Å². The fourth-order valence-electron chi connectivity index (χ4n) is 3.04. The third kappa shape index (κ3) is 2.52. The molecule has 0 spiro atoms. The quantitative estimate of drug-likeness (QED) is 0.356. The van der Waals surface area contributed by atoms with Gasteiger partial charge in [-0.1, -0.05) is 0 Å². The highest BCUT2D eigenvalue weighted by atomic mass is 19.2. The molecular weight excluding hydrogens is 428 g/mol. The first-order valence-electron chi connectivity index (χ1n) is 7.79. The average molecular weight is 432 g/mol. The van der Waals surface area contributed by atoms with Gasteiger partial charge in [-0.15, -0.1) is 0 Å². The van der Waals surface area contributed by atoms with Crippen LogP contribution in [0.3, 0.4) is 0 Å². The number of aromatic hydroxyl groups is 1. The van der Waals surface area contributed by atoms with Crippen LogP contribution in [0, 0.1) is 46.5 Å². The van der Waals surface area contributed by atoms with Crippen LogP contribution >= 0.6 is 0 Å². The number of benzene rings is 2. The van der Waals surface area contributed by atoms with Gasteiger partial charge in [-0.25, -0.2) is 40.1 Å². The molecule has 30 heavy (non-hydrogen) atoms. The zero-order chi connectivity index (χ0) is 22.1. The van der Waals surface area contributed by atoms with Gasteiger partial charge >= 0.3 is 0 Å². The zero-order valence-electron chi connectivity index (χ0n) is 14.0. The second-order valence-corrected chi connectivity index (χ2v) is 6.06. The molecule has 2 heterocycles. The van der Waals surface area contributed by atoms with Crippen molar-refractivity contribution >= 4 is 11.6 Å². The fourth-order valence-corrected chi connectivity index (χ4v) is 3.04. The molecule has 0 bridgehead atoms. The van der Waals surface area contributed by atoms with E-state index in [1.54, 1.807) is 0 Å². The Bertz CT molecular complexity index is 1310. The van der Waals surface area contributed by atoms with Crippen molar-refractivity contribution in [2.24, 2.45) is 4.99 Å². The number of carbonyl (C=O) groups excluding carboxylic acids is 1. The second-order valence-electron chi connectivity index (χ2n) is 6.06. The van der Waals surface area contributed by atoms with Crippen molar-refractivity contribution in [1.29, 1.82) is 0 Å². The molecule has 0 aliphatic carbocycles. The van der Waals surface area contributed by atoms with Crippen molar-refractivity contribution in [3.8, 4) is 17.1 Å². The molecule has 2 N–H and O–H groups in total.